The summed E-state index contributed by atoms with van der Waals surface area (Å²) in [4.78, 5) is 0.245. The smallest absolute Gasteiger partial charge is 0.240 e. The van der Waals surface area contributed by atoms with Crippen LogP contribution in [0.1, 0.15) is 26.7 Å². The number of hydrogen-bond acceptors (Lipinski definition) is 4. The van der Waals surface area contributed by atoms with Gasteiger partial charge >= 0.3 is 0 Å². The highest BCUT2D eigenvalue weighted by Gasteiger charge is 2.27. The number of rotatable bonds is 7. The van der Waals surface area contributed by atoms with Gasteiger partial charge in [-0.15, -0.1) is 0 Å². The summed E-state index contributed by atoms with van der Waals surface area (Å²) in [5.74, 6) is 1.39. The van der Waals surface area contributed by atoms with Crippen LogP contribution in [-0.2, 0) is 10.0 Å². The third-order valence-electron chi connectivity index (χ3n) is 3.71. The Labute approximate surface area is 121 Å². The third kappa shape index (κ3) is 3.64. The first-order chi connectivity index (χ1) is 9.44. The molecule has 1 aliphatic rings. The number of sulfonamides is 1. The minimum atomic E-state index is -3.44. The first kappa shape index (κ1) is 15.1. The SMILES string of the molecule is CCNS(=O)(=O)c1ccc(N)c(NCC(C)C2CC2)c1. The van der Waals surface area contributed by atoms with Crippen molar-refractivity contribution in [3.05, 3.63) is 18.2 Å². The lowest BCUT2D eigenvalue weighted by Gasteiger charge is -2.15. The van der Waals surface area contributed by atoms with Crippen LogP contribution < -0.4 is 15.8 Å². The van der Waals surface area contributed by atoms with Gasteiger partial charge < -0.3 is 11.1 Å². The van der Waals surface area contributed by atoms with Crippen molar-refractivity contribution in [2.24, 2.45) is 11.8 Å². The van der Waals surface area contributed by atoms with E-state index in [-0.39, 0.29) is 4.90 Å². The van der Waals surface area contributed by atoms with Gasteiger partial charge in [0.1, 0.15) is 0 Å². The molecule has 1 saturated carbocycles. The average Bonchev–Trinajstić information content (AvgIpc) is 3.21. The van der Waals surface area contributed by atoms with Gasteiger partial charge in [0, 0.05) is 13.1 Å². The molecule has 0 bridgehead atoms. The van der Waals surface area contributed by atoms with E-state index in [2.05, 4.69) is 17.0 Å². The maximum atomic E-state index is 12.0. The van der Waals surface area contributed by atoms with Gasteiger partial charge in [-0.2, -0.15) is 0 Å². The Bertz CT molecular complexity index is 568. The van der Waals surface area contributed by atoms with E-state index in [0.29, 0.717) is 23.8 Å². The van der Waals surface area contributed by atoms with Gasteiger partial charge in [-0.1, -0.05) is 13.8 Å². The van der Waals surface area contributed by atoms with E-state index in [9.17, 15) is 8.42 Å². The predicted octanol–water partition coefficient (Wildman–Crippen LogP) is 2.02. The van der Waals surface area contributed by atoms with Crippen LogP contribution in [-0.4, -0.2) is 21.5 Å². The molecule has 0 amide bonds. The molecule has 0 heterocycles. The second-order valence-electron chi connectivity index (χ2n) is 5.45. The Morgan fingerprint density at radius 1 is 1.40 bits per heavy atom. The van der Waals surface area contributed by atoms with Crippen molar-refractivity contribution in [2.45, 2.75) is 31.6 Å². The molecule has 1 aromatic rings. The zero-order valence-corrected chi connectivity index (χ0v) is 12.8. The number of nitrogens with one attached hydrogen (secondary N) is 2. The molecule has 112 valence electrons. The summed E-state index contributed by atoms with van der Waals surface area (Å²) in [7, 11) is -3.44. The fraction of sp³-hybridized carbons (Fsp3) is 0.571. The van der Waals surface area contributed by atoms with Gasteiger partial charge in [-0.25, -0.2) is 13.1 Å². The molecule has 1 fully saturated rings. The van der Waals surface area contributed by atoms with Gasteiger partial charge in [-0.05, 0) is 42.9 Å². The van der Waals surface area contributed by atoms with E-state index in [1.165, 1.54) is 18.9 Å². The number of nitrogen functional groups attached to an aromatic ring is 1. The maximum absolute atomic E-state index is 12.0. The predicted molar refractivity (Wildman–Crippen MR) is 82.1 cm³/mol. The number of anilines is 2. The Kier molecular flexibility index (Phi) is 4.55. The highest BCUT2D eigenvalue weighted by atomic mass is 32.2. The number of hydrogen-bond donors (Lipinski definition) is 3. The molecule has 0 spiro atoms. The highest BCUT2D eigenvalue weighted by molar-refractivity contribution is 7.89. The molecule has 5 nitrogen and oxygen atoms in total. The van der Waals surface area contributed by atoms with Gasteiger partial charge in [0.25, 0.3) is 0 Å². The number of nitrogens with two attached hydrogens (primary N) is 1. The first-order valence-electron chi connectivity index (χ1n) is 7.07. The third-order valence-corrected chi connectivity index (χ3v) is 5.25. The molecule has 2 rings (SSSR count). The van der Waals surface area contributed by atoms with E-state index in [4.69, 9.17) is 5.73 Å². The number of benzene rings is 1. The lowest BCUT2D eigenvalue weighted by molar-refractivity contribution is 0.536. The summed E-state index contributed by atoms with van der Waals surface area (Å²) in [6.45, 7) is 5.15. The van der Waals surface area contributed by atoms with E-state index in [1.54, 1.807) is 19.1 Å². The van der Waals surface area contributed by atoms with Crippen LogP contribution in [0.25, 0.3) is 0 Å². The van der Waals surface area contributed by atoms with E-state index in [1.807, 2.05) is 0 Å². The van der Waals surface area contributed by atoms with E-state index in [0.717, 1.165) is 12.5 Å². The van der Waals surface area contributed by atoms with Crippen LogP contribution in [0.2, 0.25) is 0 Å². The molecule has 6 heteroatoms. The fourth-order valence-electron chi connectivity index (χ4n) is 2.23. The summed E-state index contributed by atoms with van der Waals surface area (Å²) < 4.78 is 26.4. The minimum Gasteiger partial charge on any atom is -0.397 e. The van der Waals surface area contributed by atoms with Crippen molar-refractivity contribution in [1.82, 2.24) is 4.72 Å². The normalized spacial score (nSPS) is 16.9. The highest BCUT2D eigenvalue weighted by Crippen LogP contribution is 2.36. The maximum Gasteiger partial charge on any atom is 0.240 e. The van der Waals surface area contributed by atoms with Gasteiger partial charge in [0.2, 0.25) is 10.0 Å². The molecule has 1 atom stereocenters. The molecule has 1 unspecified atom stereocenters. The standard InChI is InChI=1S/C14H23N3O2S/c1-3-17-20(18,19)12-6-7-13(15)14(8-12)16-9-10(2)11-4-5-11/h6-8,10-11,16-17H,3-5,9,15H2,1-2H3. The summed E-state index contributed by atoms with van der Waals surface area (Å²) in [6.07, 6.45) is 2.60. The van der Waals surface area contributed by atoms with Crippen molar-refractivity contribution in [3.8, 4) is 0 Å². The van der Waals surface area contributed by atoms with Crippen LogP contribution in [0.15, 0.2) is 23.1 Å². The summed E-state index contributed by atoms with van der Waals surface area (Å²) >= 11 is 0. The largest absolute Gasteiger partial charge is 0.397 e. The molecule has 0 radical (unpaired) electrons. The molecular formula is C14H23N3O2S. The minimum absolute atomic E-state index is 0.245. The van der Waals surface area contributed by atoms with Crippen molar-refractivity contribution in [2.75, 3.05) is 24.1 Å². The van der Waals surface area contributed by atoms with Crippen LogP contribution in [0.3, 0.4) is 0 Å². The summed E-state index contributed by atoms with van der Waals surface area (Å²) in [5.41, 5.74) is 7.17. The fourth-order valence-corrected chi connectivity index (χ4v) is 3.30. The van der Waals surface area contributed by atoms with Gasteiger partial charge in [0.15, 0.2) is 0 Å². The second kappa shape index (κ2) is 6.01. The van der Waals surface area contributed by atoms with Crippen molar-refractivity contribution >= 4 is 21.4 Å². The summed E-state index contributed by atoms with van der Waals surface area (Å²) in [5, 5.41) is 3.27. The Balaban J connectivity index is 2.11. The molecule has 1 aliphatic carbocycles. The van der Waals surface area contributed by atoms with Crippen LogP contribution in [0.5, 0.6) is 0 Å². The van der Waals surface area contributed by atoms with Crippen LogP contribution in [0, 0.1) is 11.8 Å². The monoisotopic (exact) mass is 297 g/mol. The van der Waals surface area contributed by atoms with E-state index >= 15 is 0 Å². The zero-order chi connectivity index (χ0) is 14.8. The molecule has 0 aromatic heterocycles. The molecule has 4 N–H and O–H groups in total. The molecule has 20 heavy (non-hydrogen) atoms. The van der Waals surface area contributed by atoms with Crippen LogP contribution >= 0.6 is 0 Å². The Morgan fingerprint density at radius 3 is 2.70 bits per heavy atom. The Morgan fingerprint density at radius 2 is 2.10 bits per heavy atom. The molecular weight excluding hydrogens is 274 g/mol. The summed E-state index contributed by atoms with van der Waals surface area (Å²) in [6, 6.07) is 4.77. The zero-order valence-electron chi connectivity index (χ0n) is 12.0. The van der Waals surface area contributed by atoms with Crippen LogP contribution in [0.4, 0.5) is 11.4 Å². The Hall–Kier alpha value is -1.27. The molecule has 1 aromatic carbocycles. The molecule has 0 aliphatic heterocycles. The van der Waals surface area contributed by atoms with Crippen molar-refractivity contribution < 1.29 is 8.42 Å². The van der Waals surface area contributed by atoms with Gasteiger partial charge in [-0.3, -0.25) is 0 Å². The lowest BCUT2D eigenvalue weighted by atomic mass is 10.1. The van der Waals surface area contributed by atoms with E-state index < -0.39 is 10.0 Å². The lowest BCUT2D eigenvalue weighted by Crippen LogP contribution is -2.23. The van der Waals surface area contributed by atoms with Gasteiger partial charge in [0.05, 0.1) is 16.3 Å². The first-order valence-corrected chi connectivity index (χ1v) is 8.55. The second-order valence-corrected chi connectivity index (χ2v) is 7.21. The molecule has 0 saturated heterocycles. The quantitative estimate of drug-likeness (QED) is 0.672. The van der Waals surface area contributed by atoms with Crippen molar-refractivity contribution in [3.63, 3.8) is 0 Å². The average molecular weight is 297 g/mol. The van der Waals surface area contributed by atoms with Crippen molar-refractivity contribution in [1.29, 1.82) is 0 Å². The topological polar surface area (TPSA) is 84.2 Å².